The number of pyridine rings is 1. The Labute approximate surface area is 240 Å². The molecule has 0 saturated heterocycles. The van der Waals surface area contributed by atoms with Gasteiger partial charge in [0.25, 0.3) is 6.43 Å². The van der Waals surface area contributed by atoms with Gasteiger partial charge in [-0.15, -0.1) is 0 Å². The van der Waals surface area contributed by atoms with Crippen LogP contribution >= 0.6 is 10.0 Å². The molecule has 11 heteroatoms. The molecule has 4 heterocycles. The molecule has 1 aliphatic rings. The van der Waals surface area contributed by atoms with Crippen LogP contribution in [0, 0.1) is 6.92 Å². The van der Waals surface area contributed by atoms with E-state index >= 15 is 0 Å². The van der Waals surface area contributed by atoms with Crippen LogP contribution in [0.4, 0.5) is 20.3 Å². The normalized spacial score (nSPS) is 14.1. The molecule has 0 N–H and O–H groups in total. The van der Waals surface area contributed by atoms with Gasteiger partial charge in [-0.1, -0.05) is 0 Å². The van der Waals surface area contributed by atoms with Crippen molar-refractivity contribution in [3.8, 4) is 11.1 Å². The highest BCUT2D eigenvalue weighted by Gasteiger charge is 2.27. The van der Waals surface area contributed by atoms with Gasteiger partial charge in [-0.25, -0.2) is 28.6 Å². The minimum Gasteiger partial charge on any atom is -0.465 e. The predicted molar refractivity (Wildman–Crippen MR) is 161 cm³/mol. The Bertz CT molecular complexity index is 1590. The van der Waals surface area contributed by atoms with Gasteiger partial charge in [-0.2, -0.15) is 5.10 Å². The fraction of sp³-hybridized carbons (Fsp3) is 0.433. The number of nitrogens with zero attached hydrogens (tertiary/aromatic N) is 5. The van der Waals surface area contributed by atoms with E-state index in [0.717, 1.165) is 29.7 Å². The number of esters is 1. The fourth-order valence-electron chi connectivity index (χ4n) is 5.37. The van der Waals surface area contributed by atoms with Crippen LogP contribution in [-0.2, 0) is 29.7 Å². The largest absolute Gasteiger partial charge is 0.465 e. The lowest BCUT2D eigenvalue weighted by molar-refractivity contribution is 0.0601. The monoisotopic (exact) mass is 585 g/mol. The smallest absolute Gasteiger partial charge is 0.340 e. The summed E-state index contributed by atoms with van der Waals surface area (Å²) in [5.41, 5.74) is 4.70. The maximum atomic E-state index is 14.3. The van der Waals surface area contributed by atoms with Gasteiger partial charge in [0.15, 0.2) is 0 Å². The zero-order chi connectivity index (χ0) is 29.5. The molecule has 0 unspecified atom stereocenters. The second-order valence-corrected chi connectivity index (χ2v) is 15.9. The Hall–Kier alpha value is -3.44. The van der Waals surface area contributed by atoms with Crippen molar-refractivity contribution in [1.29, 1.82) is 0 Å². The van der Waals surface area contributed by atoms with E-state index in [0.29, 0.717) is 52.4 Å². The number of carbonyl (C=O) groups is 1. The number of hydrogen-bond acceptors (Lipinski definition) is 6. The molecule has 0 aliphatic carbocycles. The summed E-state index contributed by atoms with van der Waals surface area (Å²) < 4.78 is 43.3. The highest BCUT2D eigenvalue weighted by Crippen LogP contribution is 2.42. The summed E-state index contributed by atoms with van der Waals surface area (Å²) in [6.45, 7) is 3.41. The summed E-state index contributed by atoms with van der Waals surface area (Å²) in [6.07, 6.45) is 10.8. The molecule has 1 aromatic carbocycles. The van der Waals surface area contributed by atoms with Gasteiger partial charge in [0.05, 0.1) is 36.7 Å². The molecule has 1 aliphatic heterocycles. The van der Waals surface area contributed by atoms with Crippen LogP contribution < -0.4 is 4.90 Å². The maximum absolute atomic E-state index is 14.3. The number of alkyl halides is 2. The Morgan fingerprint density at radius 2 is 1.95 bits per heavy atom. The molecule has 8 nitrogen and oxygen atoms in total. The quantitative estimate of drug-likeness (QED) is 0.172. The number of rotatable bonds is 9. The molecule has 220 valence electrons. The van der Waals surface area contributed by atoms with Crippen LogP contribution in [0.2, 0.25) is 0 Å². The van der Waals surface area contributed by atoms with Gasteiger partial charge in [-0.05, 0) is 67.9 Å². The number of halogens is 2. The minimum absolute atomic E-state index is 0.0444. The van der Waals surface area contributed by atoms with Crippen molar-refractivity contribution in [2.45, 2.75) is 32.9 Å². The maximum Gasteiger partial charge on any atom is 0.340 e. The average molecular weight is 586 g/mol. The Morgan fingerprint density at radius 1 is 1.17 bits per heavy atom. The number of methoxy groups -OCH3 is 1. The lowest BCUT2D eigenvalue weighted by Crippen LogP contribution is -2.26. The van der Waals surface area contributed by atoms with Crippen LogP contribution in [-0.4, -0.2) is 70.1 Å². The van der Waals surface area contributed by atoms with Gasteiger partial charge in [0, 0.05) is 53.9 Å². The number of benzene rings is 1. The van der Waals surface area contributed by atoms with Crippen LogP contribution in [0.3, 0.4) is 0 Å². The van der Waals surface area contributed by atoms with Crippen molar-refractivity contribution in [3.05, 3.63) is 59.2 Å². The third kappa shape index (κ3) is 5.97. The molecule has 0 spiro atoms. The third-order valence-corrected chi connectivity index (χ3v) is 8.78. The molecule has 3 aromatic heterocycles. The average Bonchev–Trinajstić information content (AvgIpc) is 3.52. The molecule has 0 radical (unpaired) electrons. The number of fused-ring (bicyclic) bond motifs is 2. The van der Waals surface area contributed by atoms with Crippen LogP contribution in [0.5, 0.6) is 0 Å². The number of ether oxygens (including phenoxy) is 2. The second kappa shape index (κ2) is 11.4. The topological polar surface area (TPSA) is 74.4 Å². The third-order valence-electron chi connectivity index (χ3n) is 7.39. The molecule has 41 heavy (non-hydrogen) atoms. The summed E-state index contributed by atoms with van der Waals surface area (Å²) in [6, 6.07) is 5.30. The van der Waals surface area contributed by atoms with E-state index < -0.39 is 22.4 Å². The summed E-state index contributed by atoms with van der Waals surface area (Å²) in [7, 11) is 2.44. The van der Waals surface area contributed by atoms with Crippen molar-refractivity contribution in [2.24, 2.45) is 7.05 Å². The van der Waals surface area contributed by atoms with E-state index in [-0.39, 0.29) is 12.3 Å². The van der Waals surface area contributed by atoms with Crippen molar-refractivity contribution < 1.29 is 23.0 Å². The molecule has 0 saturated carbocycles. The fourth-order valence-corrected chi connectivity index (χ4v) is 5.99. The molecule has 0 amide bonds. The van der Waals surface area contributed by atoms with E-state index in [2.05, 4.69) is 23.9 Å². The first-order chi connectivity index (χ1) is 19.5. The van der Waals surface area contributed by atoms with Gasteiger partial charge in [0.1, 0.15) is 12.5 Å². The van der Waals surface area contributed by atoms with E-state index in [4.69, 9.17) is 14.5 Å². The van der Waals surface area contributed by atoms with Gasteiger partial charge < -0.3 is 18.9 Å². The van der Waals surface area contributed by atoms with Gasteiger partial charge in [-0.3, -0.25) is 4.68 Å². The van der Waals surface area contributed by atoms with E-state index in [1.54, 1.807) is 36.4 Å². The Balaban J connectivity index is 1.57. The van der Waals surface area contributed by atoms with Crippen LogP contribution in [0.1, 0.15) is 40.0 Å². The molecule has 0 atom stereocenters. The summed E-state index contributed by atoms with van der Waals surface area (Å²) in [4.78, 5) is 19.7. The molecule has 5 rings (SSSR count). The number of anilines is 2. The highest BCUT2D eigenvalue weighted by molar-refractivity contribution is 8.32. The molecule has 0 bridgehead atoms. The van der Waals surface area contributed by atoms with Gasteiger partial charge in [0.2, 0.25) is 0 Å². The van der Waals surface area contributed by atoms with E-state index in [1.807, 2.05) is 28.5 Å². The lowest BCUT2D eigenvalue weighted by Gasteiger charge is -2.32. The summed E-state index contributed by atoms with van der Waals surface area (Å²) >= 11 is 0. The zero-order valence-corrected chi connectivity index (χ0v) is 25.2. The van der Waals surface area contributed by atoms with Crippen molar-refractivity contribution in [3.63, 3.8) is 0 Å². The minimum atomic E-state index is -2.66. The van der Waals surface area contributed by atoms with Gasteiger partial charge >= 0.3 is 5.97 Å². The van der Waals surface area contributed by atoms with Crippen molar-refractivity contribution >= 4 is 38.4 Å². The predicted octanol–water partition coefficient (Wildman–Crippen LogP) is 6.22. The van der Waals surface area contributed by atoms with Crippen LogP contribution in [0.25, 0.3) is 22.0 Å². The standard InChI is InChI=1S/C30H37F2N5O3S/c1-19-28-23(25(30(38)39-3)17-36(28)18-40-10-11-41(4,5)6)14-27(34-19)37-9-7-8-20-12-22(21-15-33-35(2)16-21)24(29(31)32)13-26(20)37/h12-17,29H,7-11,18H2,1-6H3. The Morgan fingerprint density at radius 3 is 2.61 bits per heavy atom. The van der Waals surface area contributed by atoms with Crippen molar-refractivity contribution in [2.75, 3.05) is 49.7 Å². The number of carbonyl (C=O) groups excluding carboxylic acids is 1. The second-order valence-electron chi connectivity index (χ2n) is 11.3. The van der Waals surface area contributed by atoms with Crippen LogP contribution in [0.15, 0.2) is 36.8 Å². The first-order valence-electron chi connectivity index (χ1n) is 13.5. The molecule has 4 aromatic rings. The number of aromatic nitrogens is 4. The number of hydrogen-bond donors (Lipinski definition) is 0. The zero-order valence-electron chi connectivity index (χ0n) is 24.4. The van der Waals surface area contributed by atoms with E-state index in [1.165, 1.54) is 7.11 Å². The van der Waals surface area contributed by atoms with E-state index in [9.17, 15) is 13.6 Å². The first-order valence-corrected chi connectivity index (χ1v) is 16.5. The first kappa shape index (κ1) is 29.1. The summed E-state index contributed by atoms with van der Waals surface area (Å²) in [5, 5.41) is 4.87. The molecule has 0 fully saturated rings. The molecular formula is C30H37F2N5O3S. The molecular weight excluding hydrogens is 548 g/mol. The lowest BCUT2D eigenvalue weighted by atomic mass is 9.93. The SMILES string of the molecule is COC(=O)c1cn(COCCS(C)(C)C)c2c(C)nc(N3CCCc4cc(-c5cnn(C)c5)c(C(F)F)cc43)cc12. The highest BCUT2D eigenvalue weighted by atomic mass is 32.3. The summed E-state index contributed by atoms with van der Waals surface area (Å²) in [5.74, 6) is 1.13. The van der Waals surface area contributed by atoms with Crippen molar-refractivity contribution in [1.82, 2.24) is 19.3 Å². The Kier molecular flexibility index (Phi) is 8.11. The number of aryl methyl sites for hydroxylation is 3.